The number of nitriles is 1. The van der Waals surface area contributed by atoms with Crippen molar-refractivity contribution in [3.63, 3.8) is 0 Å². The molecule has 1 aromatic carbocycles. The largest absolute Gasteiger partial charge is 0.376 e. The van der Waals surface area contributed by atoms with E-state index < -0.39 is 0 Å². The molecule has 0 amide bonds. The fourth-order valence-corrected chi connectivity index (χ4v) is 1.75. The number of benzene rings is 1. The summed E-state index contributed by atoms with van der Waals surface area (Å²) >= 11 is 0. The second kappa shape index (κ2) is 6.24. The van der Waals surface area contributed by atoms with Crippen LogP contribution in [0.2, 0.25) is 0 Å². The Labute approximate surface area is 102 Å². The van der Waals surface area contributed by atoms with Gasteiger partial charge in [-0.15, -0.1) is 0 Å². The van der Waals surface area contributed by atoms with E-state index in [2.05, 4.69) is 11.4 Å². The molecule has 1 rings (SSSR count). The second-order valence-corrected chi connectivity index (χ2v) is 3.88. The van der Waals surface area contributed by atoms with Crippen LogP contribution in [0.1, 0.15) is 18.1 Å². The number of aryl methyl sites for hydroxylation is 1. The molecule has 0 spiro atoms. The Kier molecular flexibility index (Phi) is 4.95. The van der Waals surface area contributed by atoms with E-state index in [9.17, 15) is 0 Å². The van der Waals surface area contributed by atoms with Gasteiger partial charge in [0.15, 0.2) is 6.29 Å². The van der Waals surface area contributed by atoms with Gasteiger partial charge in [0.05, 0.1) is 17.3 Å². The highest BCUT2D eigenvalue weighted by molar-refractivity contribution is 5.61. The first kappa shape index (κ1) is 13.5. The Bertz CT molecular complexity index is 408. The minimum Gasteiger partial charge on any atom is -0.376 e. The van der Waals surface area contributed by atoms with E-state index >= 15 is 0 Å². The summed E-state index contributed by atoms with van der Waals surface area (Å²) in [5.41, 5.74) is 2.42. The van der Waals surface area contributed by atoms with Crippen molar-refractivity contribution < 1.29 is 9.47 Å². The van der Waals surface area contributed by atoms with Gasteiger partial charge in [0.1, 0.15) is 6.07 Å². The minimum absolute atomic E-state index is 0.0427. The van der Waals surface area contributed by atoms with Crippen molar-refractivity contribution in [1.29, 1.82) is 5.26 Å². The number of hydrogen-bond donors (Lipinski definition) is 1. The summed E-state index contributed by atoms with van der Waals surface area (Å²) in [6.45, 7) is 3.86. The SMILES string of the molecule is COC(OC)C(C)Nc1cccc(C)c1C#N. The van der Waals surface area contributed by atoms with Crippen molar-refractivity contribution >= 4 is 5.69 Å². The van der Waals surface area contributed by atoms with Crippen LogP contribution in [0.3, 0.4) is 0 Å². The molecule has 0 saturated heterocycles. The molecule has 0 bridgehead atoms. The Morgan fingerprint density at radius 2 is 1.94 bits per heavy atom. The first-order chi connectivity index (χ1) is 8.13. The van der Waals surface area contributed by atoms with E-state index in [1.807, 2.05) is 32.0 Å². The van der Waals surface area contributed by atoms with Crippen molar-refractivity contribution in [3.05, 3.63) is 29.3 Å². The number of anilines is 1. The van der Waals surface area contributed by atoms with E-state index in [0.717, 1.165) is 11.3 Å². The lowest BCUT2D eigenvalue weighted by molar-refractivity contribution is -0.109. The van der Waals surface area contributed by atoms with Crippen LogP contribution in [0.4, 0.5) is 5.69 Å². The van der Waals surface area contributed by atoms with Crippen LogP contribution in [0.5, 0.6) is 0 Å². The molecule has 0 aliphatic heterocycles. The highest BCUT2D eigenvalue weighted by atomic mass is 16.7. The van der Waals surface area contributed by atoms with Crippen LogP contribution >= 0.6 is 0 Å². The normalized spacial score (nSPS) is 12.2. The summed E-state index contributed by atoms with van der Waals surface area (Å²) in [5, 5.41) is 12.3. The number of rotatable bonds is 5. The molecule has 0 aliphatic rings. The molecule has 0 aliphatic carbocycles. The summed E-state index contributed by atoms with van der Waals surface area (Å²) in [6.07, 6.45) is -0.345. The Hall–Kier alpha value is -1.57. The summed E-state index contributed by atoms with van der Waals surface area (Å²) in [5.74, 6) is 0. The monoisotopic (exact) mass is 234 g/mol. The van der Waals surface area contributed by atoms with Gasteiger partial charge in [0.25, 0.3) is 0 Å². The van der Waals surface area contributed by atoms with Crippen LogP contribution in [0, 0.1) is 18.3 Å². The molecule has 1 atom stereocenters. The molecule has 4 nitrogen and oxygen atoms in total. The predicted octanol–water partition coefficient (Wildman–Crippen LogP) is 2.29. The van der Waals surface area contributed by atoms with Gasteiger partial charge in [-0.3, -0.25) is 0 Å². The van der Waals surface area contributed by atoms with Gasteiger partial charge in [0.2, 0.25) is 0 Å². The zero-order chi connectivity index (χ0) is 12.8. The van der Waals surface area contributed by atoms with Crippen molar-refractivity contribution in [2.45, 2.75) is 26.2 Å². The number of ether oxygens (including phenoxy) is 2. The van der Waals surface area contributed by atoms with Gasteiger partial charge in [-0.2, -0.15) is 5.26 Å². The molecular weight excluding hydrogens is 216 g/mol. The van der Waals surface area contributed by atoms with E-state index in [1.165, 1.54) is 0 Å². The summed E-state index contributed by atoms with van der Waals surface area (Å²) in [6, 6.07) is 7.87. The summed E-state index contributed by atoms with van der Waals surface area (Å²) in [4.78, 5) is 0. The molecular formula is C13H18N2O2. The Morgan fingerprint density at radius 1 is 1.29 bits per heavy atom. The standard InChI is InChI=1S/C13H18N2O2/c1-9-6-5-7-12(11(9)8-14)15-10(2)13(16-3)17-4/h5-7,10,13,15H,1-4H3. The molecule has 0 heterocycles. The zero-order valence-corrected chi connectivity index (χ0v) is 10.7. The number of nitrogens with zero attached hydrogens (tertiary/aromatic N) is 1. The molecule has 0 fully saturated rings. The van der Waals surface area contributed by atoms with Gasteiger partial charge in [0, 0.05) is 14.2 Å². The first-order valence-corrected chi connectivity index (χ1v) is 5.45. The fraction of sp³-hybridized carbons (Fsp3) is 0.462. The van der Waals surface area contributed by atoms with Crippen molar-refractivity contribution in [1.82, 2.24) is 0 Å². The molecule has 92 valence electrons. The number of nitrogens with one attached hydrogen (secondary N) is 1. The molecule has 0 radical (unpaired) electrons. The van der Waals surface area contributed by atoms with Gasteiger partial charge >= 0.3 is 0 Å². The van der Waals surface area contributed by atoms with E-state index in [-0.39, 0.29) is 12.3 Å². The molecule has 0 saturated carbocycles. The zero-order valence-electron chi connectivity index (χ0n) is 10.7. The quantitative estimate of drug-likeness (QED) is 0.794. The molecule has 4 heteroatoms. The predicted molar refractivity (Wildman–Crippen MR) is 66.8 cm³/mol. The van der Waals surface area contributed by atoms with Crippen LogP contribution in [-0.2, 0) is 9.47 Å². The van der Waals surface area contributed by atoms with Crippen LogP contribution < -0.4 is 5.32 Å². The lowest BCUT2D eigenvalue weighted by Gasteiger charge is -2.23. The van der Waals surface area contributed by atoms with E-state index in [1.54, 1.807) is 14.2 Å². The molecule has 1 unspecified atom stereocenters. The smallest absolute Gasteiger partial charge is 0.176 e. The Morgan fingerprint density at radius 3 is 2.47 bits per heavy atom. The van der Waals surface area contributed by atoms with Crippen molar-refractivity contribution in [2.75, 3.05) is 19.5 Å². The van der Waals surface area contributed by atoms with E-state index in [0.29, 0.717) is 5.56 Å². The fourth-order valence-electron chi connectivity index (χ4n) is 1.75. The maximum Gasteiger partial charge on any atom is 0.176 e. The third kappa shape index (κ3) is 3.19. The topological polar surface area (TPSA) is 54.3 Å². The third-order valence-electron chi connectivity index (χ3n) is 2.64. The van der Waals surface area contributed by atoms with Crippen molar-refractivity contribution in [2.24, 2.45) is 0 Å². The van der Waals surface area contributed by atoms with Gasteiger partial charge in [-0.25, -0.2) is 0 Å². The molecule has 1 N–H and O–H groups in total. The van der Waals surface area contributed by atoms with Crippen molar-refractivity contribution in [3.8, 4) is 6.07 Å². The average molecular weight is 234 g/mol. The molecule has 17 heavy (non-hydrogen) atoms. The maximum atomic E-state index is 9.11. The Balaban J connectivity index is 2.89. The lowest BCUT2D eigenvalue weighted by Crippen LogP contribution is -2.34. The minimum atomic E-state index is -0.345. The first-order valence-electron chi connectivity index (χ1n) is 5.45. The lowest BCUT2D eigenvalue weighted by atomic mass is 10.1. The number of hydrogen-bond acceptors (Lipinski definition) is 4. The second-order valence-electron chi connectivity index (χ2n) is 3.88. The van der Waals surface area contributed by atoms with Gasteiger partial charge in [-0.05, 0) is 25.5 Å². The number of methoxy groups -OCH3 is 2. The highest BCUT2D eigenvalue weighted by Crippen LogP contribution is 2.20. The maximum absolute atomic E-state index is 9.11. The molecule has 1 aromatic rings. The average Bonchev–Trinajstić information content (AvgIpc) is 2.31. The highest BCUT2D eigenvalue weighted by Gasteiger charge is 2.17. The van der Waals surface area contributed by atoms with Gasteiger partial charge < -0.3 is 14.8 Å². The van der Waals surface area contributed by atoms with Gasteiger partial charge in [-0.1, -0.05) is 12.1 Å². The van der Waals surface area contributed by atoms with E-state index in [4.69, 9.17) is 14.7 Å². The molecule has 0 aromatic heterocycles. The van der Waals surface area contributed by atoms with Crippen LogP contribution in [0.25, 0.3) is 0 Å². The van der Waals surface area contributed by atoms with Crippen LogP contribution in [-0.4, -0.2) is 26.6 Å². The summed E-state index contributed by atoms with van der Waals surface area (Å²) < 4.78 is 10.3. The summed E-state index contributed by atoms with van der Waals surface area (Å²) in [7, 11) is 3.18. The van der Waals surface area contributed by atoms with Crippen LogP contribution in [0.15, 0.2) is 18.2 Å². The third-order valence-corrected chi connectivity index (χ3v) is 2.64.